The molecule has 0 aliphatic heterocycles. The number of aromatic nitrogens is 4. The fourth-order valence-corrected chi connectivity index (χ4v) is 4.16. The first-order chi connectivity index (χ1) is 15.5. The van der Waals surface area contributed by atoms with Crippen molar-refractivity contribution in [3.8, 4) is 17.1 Å². The molecule has 0 atom stereocenters. The van der Waals surface area contributed by atoms with E-state index in [9.17, 15) is 9.90 Å². The fourth-order valence-electron chi connectivity index (χ4n) is 4.16. The number of aliphatic hydroxyl groups is 1. The lowest BCUT2D eigenvalue weighted by Gasteiger charge is -2.17. The molecule has 0 amide bonds. The van der Waals surface area contributed by atoms with E-state index in [-0.39, 0.29) is 22.9 Å². The Labute approximate surface area is 192 Å². The van der Waals surface area contributed by atoms with E-state index in [1.54, 1.807) is 29.2 Å². The number of fused-ring (bicyclic) bond motifs is 1. The summed E-state index contributed by atoms with van der Waals surface area (Å²) in [6.07, 6.45) is 1.85. The largest absolute Gasteiger partial charge is 0.382 e. The monoisotopic (exact) mass is 448 g/mol. The SMILES string of the molecule is CCn1nc(-c2cc3c(C(C)C)cn(-c4ccccc4C)c(=O)c3cc2F)nc1C(C)(C)O. The number of halogens is 1. The van der Waals surface area contributed by atoms with Gasteiger partial charge in [-0.3, -0.25) is 9.36 Å². The van der Waals surface area contributed by atoms with Crippen LogP contribution in [0.3, 0.4) is 0 Å². The predicted molar refractivity (Wildman–Crippen MR) is 128 cm³/mol. The third kappa shape index (κ3) is 3.97. The minimum Gasteiger partial charge on any atom is -0.382 e. The lowest BCUT2D eigenvalue weighted by molar-refractivity contribution is 0.0637. The molecule has 7 heteroatoms. The van der Waals surface area contributed by atoms with Crippen LogP contribution in [-0.2, 0) is 12.1 Å². The minimum absolute atomic E-state index is 0.0924. The second kappa shape index (κ2) is 8.23. The van der Waals surface area contributed by atoms with Gasteiger partial charge in [0.15, 0.2) is 11.6 Å². The van der Waals surface area contributed by atoms with Crippen LogP contribution in [0.4, 0.5) is 4.39 Å². The molecule has 33 heavy (non-hydrogen) atoms. The smallest absolute Gasteiger partial charge is 0.263 e. The van der Waals surface area contributed by atoms with Gasteiger partial charge in [-0.15, -0.1) is 0 Å². The molecule has 0 saturated carbocycles. The minimum atomic E-state index is -1.22. The molecule has 4 aromatic rings. The molecule has 0 radical (unpaired) electrons. The number of nitrogens with zero attached hydrogens (tertiary/aromatic N) is 4. The molecular weight excluding hydrogens is 419 g/mol. The Morgan fingerprint density at radius 1 is 1.15 bits per heavy atom. The van der Waals surface area contributed by atoms with Crippen molar-refractivity contribution < 1.29 is 9.50 Å². The van der Waals surface area contributed by atoms with Crippen molar-refractivity contribution in [3.63, 3.8) is 0 Å². The number of aryl methyl sites for hydroxylation is 2. The van der Waals surface area contributed by atoms with Crippen LogP contribution in [0.2, 0.25) is 0 Å². The third-order valence-corrected chi connectivity index (χ3v) is 5.89. The number of benzene rings is 2. The van der Waals surface area contributed by atoms with Gasteiger partial charge in [-0.05, 0) is 68.3 Å². The van der Waals surface area contributed by atoms with E-state index in [0.717, 1.165) is 16.8 Å². The van der Waals surface area contributed by atoms with Gasteiger partial charge in [-0.2, -0.15) is 5.10 Å². The summed E-state index contributed by atoms with van der Waals surface area (Å²) in [5.74, 6) is 0.0619. The Balaban J connectivity index is 2.01. The molecule has 0 aliphatic rings. The molecule has 0 bridgehead atoms. The molecule has 2 heterocycles. The van der Waals surface area contributed by atoms with E-state index in [4.69, 9.17) is 0 Å². The molecule has 0 spiro atoms. The first-order valence-corrected chi connectivity index (χ1v) is 11.2. The molecular formula is C26H29FN4O2. The van der Waals surface area contributed by atoms with Gasteiger partial charge < -0.3 is 5.11 Å². The molecule has 4 rings (SSSR count). The summed E-state index contributed by atoms with van der Waals surface area (Å²) >= 11 is 0. The maximum atomic E-state index is 15.4. The van der Waals surface area contributed by atoms with Crippen LogP contribution in [0.15, 0.2) is 47.4 Å². The van der Waals surface area contributed by atoms with Crippen LogP contribution in [0, 0.1) is 12.7 Å². The van der Waals surface area contributed by atoms with E-state index in [2.05, 4.69) is 10.1 Å². The van der Waals surface area contributed by atoms with Crippen LogP contribution in [0.25, 0.3) is 27.8 Å². The topological polar surface area (TPSA) is 72.9 Å². The van der Waals surface area contributed by atoms with Crippen molar-refractivity contribution in [2.45, 2.75) is 59.6 Å². The standard InChI is InChI=1S/C26H29FN4O2/c1-7-31-25(26(5,6)33)28-23(29-31)19-12-17-18(13-21(19)27)24(32)30(14-20(17)15(2)3)22-11-9-8-10-16(22)4/h8-15,33H,7H2,1-6H3. The maximum absolute atomic E-state index is 15.4. The Hall–Kier alpha value is -3.32. The van der Waals surface area contributed by atoms with E-state index in [1.807, 2.05) is 58.2 Å². The molecule has 0 saturated heterocycles. The van der Waals surface area contributed by atoms with Crippen LogP contribution >= 0.6 is 0 Å². The normalized spacial score (nSPS) is 12.2. The average molecular weight is 449 g/mol. The summed E-state index contributed by atoms with van der Waals surface area (Å²) < 4.78 is 18.5. The number of pyridine rings is 1. The summed E-state index contributed by atoms with van der Waals surface area (Å²) in [6, 6.07) is 10.6. The van der Waals surface area contributed by atoms with Crippen molar-refractivity contribution in [3.05, 3.63) is 75.7 Å². The molecule has 0 fully saturated rings. The Morgan fingerprint density at radius 3 is 2.42 bits per heavy atom. The predicted octanol–water partition coefficient (Wildman–Crippen LogP) is 5.07. The average Bonchev–Trinajstić information content (AvgIpc) is 3.19. The quantitative estimate of drug-likeness (QED) is 0.463. The lowest BCUT2D eigenvalue weighted by atomic mass is 9.96. The Bertz CT molecular complexity index is 1410. The van der Waals surface area contributed by atoms with Crippen molar-refractivity contribution in [2.75, 3.05) is 0 Å². The highest BCUT2D eigenvalue weighted by molar-refractivity contribution is 5.89. The van der Waals surface area contributed by atoms with Gasteiger partial charge in [-0.1, -0.05) is 32.0 Å². The van der Waals surface area contributed by atoms with Gasteiger partial charge >= 0.3 is 0 Å². The van der Waals surface area contributed by atoms with Gasteiger partial charge in [0.2, 0.25) is 0 Å². The first-order valence-electron chi connectivity index (χ1n) is 11.2. The van der Waals surface area contributed by atoms with Gasteiger partial charge in [-0.25, -0.2) is 14.1 Å². The zero-order valence-corrected chi connectivity index (χ0v) is 19.8. The first kappa shape index (κ1) is 22.9. The van der Waals surface area contributed by atoms with E-state index < -0.39 is 11.4 Å². The molecule has 2 aromatic heterocycles. The van der Waals surface area contributed by atoms with Crippen molar-refractivity contribution in [2.24, 2.45) is 0 Å². The molecule has 0 unspecified atom stereocenters. The molecule has 6 nitrogen and oxygen atoms in total. The number of hydrogen-bond donors (Lipinski definition) is 1. The zero-order chi connectivity index (χ0) is 24.1. The summed E-state index contributed by atoms with van der Waals surface area (Å²) in [5, 5.41) is 15.9. The van der Waals surface area contributed by atoms with Crippen LogP contribution in [0.5, 0.6) is 0 Å². The molecule has 0 aliphatic carbocycles. The highest BCUT2D eigenvalue weighted by Crippen LogP contribution is 2.31. The summed E-state index contributed by atoms with van der Waals surface area (Å²) in [6.45, 7) is 11.6. The second-order valence-corrected chi connectivity index (χ2v) is 9.21. The number of rotatable bonds is 5. The summed E-state index contributed by atoms with van der Waals surface area (Å²) in [4.78, 5) is 17.9. The number of para-hydroxylation sites is 1. The van der Waals surface area contributed by atoms with Gasteiger partial charge in [0, 0.05) is 12.7 Å². The lowest BCUT2D eigenvalue weighted by Crippen LogP contribution is -2.22. The zero-order valence-electron chi connectivity index (χ0n) is 19.8. The molecule has 1 N–H and O–H groups in total. The van der Waals surface area contributed by atoms with Crippen LogP contribution in [-0.4, -0.2) is 24.4 Å². The fraction of sp³-hybridized carbons (Fsp3) is 0.346. The number of hydrogen-bond acceptors (Lipinski definition) is 4. The van der Waals surface area contributed by atoms with E-state index in [1.165, 1.54) is 6.07 Å². The molecule has 2 aromatic carbocycles. The molecule has 172 valence electrons. The van der Waals surface area contributed by atoms with Crippen molar-refractivity contribution in [1.29, 1.82) is 0 Å². The van der Waals surface area contributed by atoms with Crippen molar-refractivity contribution in [1.82, 2.24) is 19.3 Å². The Kier molecular flexibility index (Phi) is 5.70. The van der Waals surface area contributed by atoms with Gasteiger partial charge in [0.05, 0.1) is 16.6 Å². The van der Waals surface area contributed by atoms with Crippen LogP contribution in [0.1, 0.15) is 57.5 Å². The van der Waals surface area contributed by atoms with Gasteiger partial charge in [0.1, 0.15) is 11.4 Å². The van der Waals surface area contributed by atoms with Crippen LogP contribution < -0.4 is 5.56 Å². The van der Waals surface area contributed by atoms with Gasteiger partial charge in [0.25, 0.3) is 5.56 Å². The third-order valence-electron chi connectivity index (χ3n) is 5.89. The Morgan fingerprint density at radius 2 is 1.85 bits per heavy atom. The summed E-state index contributed by atoms with van der Waals surface area (Å²) in [7, 11) is 0. The highest BCUT2D eigenvalue weighted by Gasteiger charge is 2.26. The maximum Gasteiger partial charge on any atom is 0.263 e. The van der Waals surface area contributed by atoms with E-state index >= 15 is 4.39 Å². The highest BCUT2D eigenvalue weighted by atomic mass is 19.1. The summed E-state index contributed by atoms with van der Waals surface area (Å²) in [5.41, 5.74) is 1.35. The van der Waals surface area contributed by atoms with Crippen molar-refractivity contribution >= 4 is 10.8 Å². The van der Waals surface area contributed by atoms with E-state index in [0.29, 0.717) is 23.1 Å². The second-order valence-electron chi connectivity index (χ2n) is 9.21.